The zero-order valence-corrected chi connectivity index (χ0v) is 83.0. The Hall–Kier alpha value is -17.9. The third-order valence-corrected chi connectivity index (χ3v) is 33.1. The highest BCUT2D eigenvalue weighted by Crippen LogP contribution is 2.58. The van der Waals surface area contributed by atoms with Gasteiger partial charge in [-0.05, 0) is 357 Å². The van der Waals surface area contributed by atoms with E-state index in [1.165, 1.54) is 296 Å². The van der Waals surface area contributed by atoms with Gasteiger partial charge in [0, 0.05) is 16.2 Å². The normalized spacial score (nSPS) is 13.3. The second-order valence-electron chi connectivity index (χ2n) is 42.2. The molecule has 690 valence electrons. The van der Waals surface area contributed by atoms with Gasteiger partial charge in [0.1, 0.15) is 0 Å². The van der Waals surface area contributed by atoms with Crippen molar-refractivity contribution in [2.24, 2.45) is 0 Å². The molecule has 0 N–H and O–H groups in total. The highest BCUT2D eigenvalue weighted by Gasteiger charge is 2.40. The highest BCUT2D eigenvalue weighted by molar-refractivity contribution is 6.28. The van der Waals surface area contributed by atoms with E-state index in [2.05, 4.69) is 551 Å². The molecule has 0 fully saturated rings. The van der Waals surface area contributed by atoms with Gasteiger partial charge in [-0.15, -0.1) is 0 Å². The molecule has 3 aliphatic carbocycles. The van der Waals surface area contributed by atoms with Crippen molar-refractivity contribution in [3.8, 4) is 134 Å². The Kier molecular flexibility index (Phi) is 20.2. The van der Waals surface area contributed by atoms with Crippen LogP contribution < -0.4 is 0 Å². The Labute approximate surface area is 857 Å². The van der Waals surface area contributed by atoms with E-state index < -0.39 is 0 Å². The van der Waals surface area contributed by atoms with E-state index in [0.29, 0.717) is 0 Å². The van der Waals surface area contributed by atoms with Crippen molar-refractivity contribution in [2.45, 2.75) is 57.8 Å². The molecule has 0 radical (unpaired) electrons. The zero-order chi connectivity index (χ0) is 98.1. The second-order valence-corrected chi connectivity index (χ2v) is 42.2. The standard InChI is InChI=1S/3C49H34/c1-49(2)44-27-26-34(30-43(44)48-37-19-6-4-14-32(37)25-28-45(48)49)33-16-11-17-35(29-33)46-39-20-7-9-22-41(39)47(42-23-10-8-21-40(42)46)38-24-12-15-31-13-3-5-18-36(31)38;1-49(2)45-26-25-35(29-43(45)44-28-33-14-3-4-15-34(33)30-46(44)49)32-17-11-18-36(27-32)47-39-20-7-9-22-41(39)48(42-23-10-8-21-40(42)47)38-24-12-16-31-13-5-6-19-37(31)38;1-49(2)45-30-35(25-26-38(45)44-28-33-14-3-4-15-34(33)29-46(44)49)32-17-11-18-36(27-32)47-40-20-7-9-22-42(40)48(43-23-10-8-21-41(43)47)39-24-12-16-31-13-5-6-19-37(31)39/h3*3-30H,1-2H3. The van der Waals surface area contributed by atoms with Gasteiger partial charge < -0.3 is 0 Å². The molecule has 30 rings (SSSR count). The summed E-state index contributed by atoms with van der Waals surface area (Å²) in [5, 5.41) is 30.8. The van der Waals surface area contributed by atoms with Gasteiger partial charge in [0.25, 0.3) is 0 Å². The molecule has 0 saturated heterocycles. The van der Waals surface area contributed by atoms with Crippen LogP contribution in [0.1, 0.15) is 74.9 Å². The van der Waals surface area contributed by atoms with Crippen molar-refractivity contribution in [2.75, 3.05) is 0 Å². The fourth-order valence-corrected chi connectivity index (χ4v) is 26.0. The Morgan fingerprint density at radius 1 is 0.102 bits per heavy atom. The second kappa shape index (κ2) is 34.1. The van der Waals surface area contributed by atoms with E-state index in [-0.39, 0.29) is 16.2 Å². The number of fused-ring (bicyclic) bond motifs is 22. The molecule has 0 bridgehead atoms. The molecular weight excluding hydrogens is 1770 g/mol. The van der Waals surface area contributed by atoms with Gasteiger partial charge >= 0.3 is 0 Å². The maximum absolute atomic E-state index is 2.44. The molecule has 0 atom stereocenters. The summed E-state index contributed by atoms with van der Waals surface area (Å²) < 4.78 is 0. The largest absolute Gasteiger partial charge is 0.0616 e. The van der Waals surface area contributed by atoms with E-state index in [9.17, 15) is 0 Å². The molecule has 0 aliphatic heterocycles. The number of rotatable bonds is 9. The molecule has 0 nitrogen and oxygen atoms in total. The third-order valence-electron chi connectivity index (χ3n) is 33.1. The molecule has 0 amide bonds. The summed E-state index contributed by atoms with van der Waals surface area (Å²) in [6.07, 6.45) is 0. The summed E-state index contributed by atoms with van der Waals surface area (Å²) in [4.78, 5) is 0. The van der Waals surface area contributed by atoms with Gasteiger partial charge in [0.05, 0.1) is 0 Å². The van der Waals surface area contributed by atoms with Crippen molar-refractivity contribution in [1.82, 2.24) is 0 Å². The van der Waals surface area contributed by atoms with E-state index in [0.717, 1.165) is 0 Å². The minimum atomic E-state index is -0.0772. The summed E-state index contributed by atoms with van der Waals surface area (Å²) >= 11 is 0. The molecule has 147 heavy (non-hydrogen) atoms. The Morgan fingerprint density at radius 3 is 0.694 bits per heavy atom. The average molecular weight is 1870 g/mol. The smallest absolute Gasteiger partial charge is 0.0159 e. The van der Waals surface area contributed by atoms with Crippen molar-refractivity contribution in [3.63, 3.8) is 0 Å². The maximum atomic E-state index is 2.44. The van der Waals surface area contributed by atoms with Crippen molar-refractivity contribution >= 4 is 129 Å². The molecule has 0 saturated carbocycles. The minimum absolute atomic E-state index is 0.0429. The molecule has 27 aromatic rings. The van der Waals surface area contributed by atoms with Gasteiger partial charge in [-0.3, -0.25) is 0 Å². The summed E-state index contributed by atoms with van der Waals surface area (Å²) in [5.41, 5.74) is 39.2. The van der Waals surface area contributed by atoms with Crippen LogP contribution in [-0.4, -0.2) is 0 Å². The van der Waals surface area contributed by atoms with Gasteiger partial charge in [0.2, 0.25) is 0 Å². The van der Waals surface area contributed by atoms with Crippen LogP contribution in [-0.2, 0) is 16.2 Å². The molecule has 27 aromatic carbocycles. The molecular formula is C147H102. The lowest BCUT2D eigenvalue weighted by molar-refractivity contribution is 0.661. The Balaban J connectivity index is 0.000000107. The quantitative estimate of drug-likeness (QED) is 0.126. The fourth-order valence-electron chi connectivity index (χ4n) is 26.0. The van der Waals surface area contributed by atoms with E-state index in [1.54, 1.807) is 0 Å². The Bertz CT molecular complexity index is 10000. The van der Waals surface area contributed by atoms with Crippen LogP contribution in [0.15, 0.2) is 510 Å². The summed E-state index contributed by atoms with van der Waals surface area (Å²) in [6.45, 7) is 14.2. The first kappa shape index (κ1) is 86.9. The van der Waals surface area contributed by atoms with Gasteiger partial charge in [-0.2, -0.15) is 0 Å². The SMILES string of the molecule is CC1(C)c2cc(-c3cccc(-c4c5ccccc5c(-c5cccc6ccccc56)c5ccccc45)c3)ccc2-c2cc3ccccc3cc21.CC1(C)c2ccc(-c3cccc(-c4c5ccccc5c(-c5cccc6ccccc56)c5ccccc45)c3)cc2-c2c1ccc1ccccc21.CC1(C)c2ccc(-c3cccc(-c4c5ccccc5c(-c5cccc6ccccc56)c5ccccc45)c3)cc2-c2cc3ccccc3cc21. The first-order chi connectivity index (χ1) is 72.2. The number of benzene rings is 27. The first-order valence-corrected chi connectivity index (χ1v) is 51.8. The molecule has 0 unspecified atom stereocenters. The van der Waals surface area contributed by atoms with Crippen LogP contribution in [0.4, 0.5) is 0 Å². The van der Waals surface area contributed by atoms with Gasteiger partial charge in [-0.1, -0.05) is 490 Å². The lowest BCUT2D eigenvalue weighted by Crippen LogP contribution is -2.15. The monoisotopic (exact) mass is 1870 g/mol. The molecule has 0 heteroatoms. The maximum Gasteiger partial charge on any atom is 0.0159 e. The van der Waals surface area contributed by atoms with Gasteiger partial charge in [-0.25, -0.2) is 0 Å². The molecule has 0 heterocycles. The van der Waals surface area contributed by atoms with Crippen molar-refractivity contribution in [3.05, 3.63) is 543 Å². The Morgan fingerprint density at radius 2 is 0.327 bits per heavy atom. The van der Waals surface area contributed by atoms with Crippen LogP contribution in [0.2, 0.25) is 0 Å². The predicted molar refractivity (Wildman–Crippen MR) is 631 cm³/mol. The van der Waals surface area contributed by atoms with Crippen molar-refractivity contribution < 1.29 is 0 Å². The first-order valence-electron chi connectivity index (χ1n) is 51.8. The zero-order valence-electron chi connectivity index (χ0n) is 83.0. The summed E-state index contributed by atoms with van der Waals surface area (Å²) in [5.74, 6) is 0. The van der Waals surface area contributed by atoms with Gasteiger partial charge in [0.15, 0.2) is 0 Å². The third kappa shape index (κ3) is 13.9. The van der Waals surface area contributed by atoms with E-state index >= 15 is 0 Å². The molecule has 0 spiro atoms. The highest BCUT2D eigenvalue weighted by atomic mass is 14.4. The van der Waals surface area contributed by atoms with Crippen LogP contribution in [0, 0.1) is 0 Å². The summed E-state index contributed by atoms with van der Waals surface area (Å²) in [7, 11) is 0. The van der Waals surface area contributed by atoms with Crippen LogP contribution in [0.3, 0.4) is 0 Å². The summed E-state index contributed by atoms with van der Waals surface area (Å²) in [6, 6.07) is 190. The average Bonchev–Trinajstić information content (AvgIpc) is 1.62. The fraction of sp³-hybridized carbons (Fsp3) is 0.0612. The number of hydrogen-bond donors (Lipinski definition) is 0. The van der Waals surface area contributed by atoms with Crippen LogP contribution >= 0.6 is 0 Å². The molecule has 3 aliphatic rings. The molecule has 0 aromatic heterocycles. The lowest BCUT2D eigenvalue weighted by Gasteiger charge is -2.22. The van der Waals surface area contributed by atoms with E-state index in [4.69, 9.17) is 0 Å². The lowest BCUT2D eigenvalue weighted by atomic mass is 9.81. The topological polar surface area (TPSA) is 0 Å². The van der Waals surface area contributed by atoms with E-state index in [1.807, 2.05) is 0 Å². The number of hydrogen-bond acceptors (Lipinski definition) is 0. The van der Waals surface area contributed by atoms with Crippen molar-refractivity contribution in [1.29, 1.82) is 0 Å². The minimum Gasteiger partial charge on any atom is -0.0616 e. The van der Waals surface area contributed by atoms with Crippen LogP contribution in [0.25, 0.3) is 263 Å². The van der Waals surface area contributed by atoms with Crippen LogP contribution in [0.5, 0.6) is 0 Å². The predicted octanol–water partition coefficient (Wildman–Crippen LogP) is 40.8.